The molecule has 1 saturated carbocycles. The second-order valence-electron chi connectivity index (χ2n) is 9.74. The highest BCUT2D eigenvalue weighted by atomic mass is 32.1. The molecule has 1 aromatic heterocycles. The number of nitrogens with zero attached hydrogens (tertiary/aromatic N) is 3. The number of likely N-dealkylation sites (N-methyl/N-ethyl adjacent to an activating group) is 1. The monoisotopic (exact) mass is 449 g/mol. The zero-order chi connectivity index (χ0) is 21.9. The van der Waals surface area contributed by atoms with Gasteiger partial charge in [-0.3, -0.25) is 4.90 Å². The molecule has 1 aliphatic heterocycles. The zero-order valence-corrected chi connectivity index (χ0v) is 20.1. The van der Waals surface area contributed by atoms with E-state index in [0.29, 0.717) is 0 Å². The fourth-order valence-electron chi connectivity index (χ4n) is 5.45. The number of fused-ring (bicyclic) bond motifs is 1. The fourth-order valence-corrected chi connectivity index (χ4v) is 6.58. The predicted octanol–water partition coefficient (Wildman–Crippen LogP) is 6.85. The van der Waals surface area contributed by atoms with Gasteiger partial charge in [0.25, 0.3) is 0 Å². The van der Waals surface area contributed by atoms with Gasteiger partial charge in [-0.25, -0.2) is 9.78 Å². The highest BCUT2D eigenvalue weighted by Crippen LogP contribution is 2.34. The number of hydrogen-bond acceptors (Lipinski definition) is 3. The first kappa shape index (κ1) is 21.7. The van der Waals surface area contributed by atoms with Crippen molar-refractivity contribution in [2.24, 2.45) is 5.92 Å². The van der Waals surface area contributed by atoms with Gasteiger partial charge in [-0.05, 0) is 68.7 Å². The summed E-state index contributed by atoms with van der Waals surface area (Å²) in [5.41, 5.74) is 5.12. The molecule has 1 aromatic carbocycles. The Bertz CT molecular complexity index is 971. The summed E-state index contributed by atoms with van der Waals surface area (Å²) in [5, 5.41) is 1.12. The van der Waals surface area contributed by atoms with Gasteiger partial charge >= 0.3 is 6.03 Å². The Morgan fingerprint density at radius 2 is 1.84 bits per heavy atom. The standard InChI is InChI=1S/C27H35N3OS/c1-29-18-19-30(27(29)31)23-15-13-22(14-16-23)26-28-24-17-12-21(8-5-9-25(24)32-26)11-10-20-6-3-2-4-7-20/h8,13-16,20H,2-7,9-12,17-19H2,1H3/b21-8-. The molecule has 170 valence electrons. The Balaban J connectivity index is 1.22. The SMILES string of the molecule is CN1CCN(c2ccc(-c3nc4c(s3)CC/C=C(/CCC3CCCCC3)CC4)cc2)C1=O. The number of urea groups is 1. The maximum atomic E-state index is 12.3. The fraction of sp³-hybridized carbons (Fsp3) is 0.556. The lowest BCUT2D eigenvalue weighted by Crippen LogP contribution is -2.29. The third kappa shape index (κ3) is 4.78. The van der Waals surface area contributed by atoms with Gasteiger partial charge in [-0.15, -0.1) is 11.3 Å². The summed E-state index contributed by atoms with van der Waals surface area (Å²) in [4.78, 5) is 22.4. The number of carbonyl (C=O) groups is 1. The van der Waals surface area contributed by atoms with E-state index in [1.54, 1.807) is 10.5 Å². The first-order valence-corrected chi connectivity index (χ1v) is 13.3. The van der Waals surface area contributed by atoms with E-state index in [9.17, 15) is 4.79 Å². The van der Waals surface area contributed by atoms with E-state index in [4.69, 9.17) is 4.98 Å². The van der Waals surface area contributed by atoms with Gasteiger partial charge in [0.15, 0.2) is 0 Å². The molecule has 0 spiro atoms. The number of rotatable bonds is 5. The topological polar surface area (TPSA) is 36.4 Å². The number of carbonyl (C=O) groups excluding carboxylic acids is 1. The van der Waals surface area contributed by atoms with E-state index in [1.807, 2.05) is 23.3 Å². The van der Waals surface area contributed by atoms with Crippen LogP contribution in [0, 0.1) is 5.92 Å². The molecule has 2 aromatic rings. The summed E-state index contributed by atoms with van der Waals surface area (Å²) < 4.78 is 0. The molecule has 2 amide bonds. The lowest BCUT2D eigenvalue weighted by Gasteiger charge is -2.22. The largest absolute Gasteiger partial charge is 0.326 e. The van der Waals surface area contributed by atoms with E-state index in [0.717, 1.165) is 54.5 Å². The smallest absolute Gasteiger partial charge is 0.324 e. The van der Waals surface area contributed by atoms with Gasteiger partial charge < -0.3 is 4.90 Å². The van der Waals surface area contributed by atoms with Crippen LogP contribution in [0.2, 0.25) is 0 Å². The van der Waals surface area contributed by atoms with Gasteiger partial charge in [-0.1, -0.05) is 43.8 Å². The molecule has 0 N–H and O–H groups in total. The minimum Gasteiger partial charge on any atom is -0.326 e. The van der Waals surface area contributed by atoms with E-state index in [-0.39, 0.29) is 6.03 Å². The molecule has 0 unspecified atom stereocenters. The maximum Gasteiger partial charge on any atom is 0.324 e. The average Bonchev–Trinajstić information content (AvgIpc) is 3.37. The molecule has 3 aliphatic rings. The summed E-state index contributed by atoms with van der Waals surface area (Å²) in [6.07, 6.45) is 17.0. The third-order valence-electron chi connectivity index (χ3n) is 7.51. The Morgan fingerprint density at radius 1 is 1.03 bits per heavy atom. The van der Waals surface area contributed by atoms with E-state index < -0.39 is 0 Å². The van der Waals surface area contributed by atoms with Crippen LogP contribution in [0.4, 0.5) is 10.5 Å². The van der Waals surface area contributed by atoms with E-state index >= 15 is 0 Å². The quantitative estimate of drug-likeness (QED) is 0.468. The van der Waals surface area contributed by atoms with Gasteiger partial charge in [-0.2, -0.15) is 0 Å². The molecule has 0 radical (unpaired) electrons. The summed E-state index contributed by atoms with van der Waals surface area (Å²) in [5.74, 6) is 0.968. The van der Waals surface area contributed by atoms with Crippen LogP contribution >= 0.6 is 11.3 Å². The van der Waals surface area contributed by atoms with Crippen molar-refractivity contribution in [3.05, 3.63) is 46.5 Å². The van der Waals surface area contributed by atoms with Crippen molar-refractivity contribution < 1.29 is 4.79 Å². The van der Waals surface area contributed by atoms with Crippen LogP contribution in [0.5, 0.6) is 0 Å². The number of aryl methyl sites for hydroxylation is 2. The Kier molecular flexibility index (Phi) is 6.63. The third-order valence-corrected chi connectivity index (χ3v) is 8.71. The Labute approximate surface area is 196 Å². The van der Waals surface area contributed by atoms with Crippen molar-refractivity contribution in [3.8, 4) is 10.6 Å². The maximum absolute atomic E-state index is 12.3. The van der Waals surface area contributed by atoms with Crippen molar-refractivity contribution in [1.82, 2.24) is 9.88 Å². The molecule has 4 nitrogen and oxygen atoms in total. The van der Waals surface area contributed by atoms with E-state index in [2.05, 4.69) is 30.3 Å². The number of amides is 2. The molecule has 2 heterocycles. The summed E-state index contributed by atoms with van der Waals surface area (Å²) in [7, 11) is 1.86. The lowest BCUT2D eigenvalue weighted by atomic mass is 9.84. The average molecular weight is 450 g/mol. The number of benzene rings is 1. The summed E-state index contributed by atoms with van der Waals surface area (Å²) in [6, 6.07) is 8.47. The van der Waals surface area contributed by atoms with Crippen LogP contribution in [0.15, 0.2) is 35.9 Å². The number of aromatic nitrogens is 1. The van der Waals surface area contributed by atoms with Crippen LogP contribution in [0.3, 0.4) is 0 Å². The lowest BCUT2D eigenvalue weighted by molar-refractivity contribution is 0.229. The Morgan fingerprint density at radius 3 is 2.59 bits per heavy atom. The van der Waals surface area contributed by atoms with Crippen LogP contribution in [0.1, 0.15) is 68.4 Å². The molecule has 2 fully saturated rings. The molecule has 0 bridgehead atoms. The van der Waals surface area contributed by atoms with Crippen molar-refractivity contribution >= 4 is 23.1 Å². The minimum atomic E-state index is 0.0850. The molecule has 0 atom stereocenters. The van der Waals surface area contributed by atoms with Gasteiger partial charge in [0.05, 0.1) is 5.69 Å². The van der Waals surface area contributed by atoms with Crippen molar-refractivity contribution in [1.29, 1.82) is 0 Å². The van der Waals surface area contributed by atoms with Crippen LogP contribution < -0.4 is 4.90 Å². The normalized spacial score (nSPS) is 21.8. The zero-order valence-electron chi connectivity index (χ0n) is 19.3. The molecule has 5 heteroatoms. The first-order valence-electron chi connectivity index (χ1n) is 12.5. The van der Waals surface area contributed by atoms with Crippen molar-refractivity contribution in [2.75, 3.05) is 25.0 Å². The first-order chi connectivity index (χ1) is 15.7. The second-order valence-corrected chi connectivity index (χ2v) is 10.8. The van der Waals surface area contributed by atoms with Gasteiger partial charge in [0.2, 0.25) is 0 Å². The highest BCUT2D eigenvalue weighted by molar-refractivity contribution is 7.15. The molecule has 32 heavy (non-hydrogen) atoms. The Hall–Kier alpha value is -2.14. The van der Waals surface area contributed by atoms with Crippen molar-refractivity contribution in [3.63, 3.8) is 0 Å². The summed E-state index contributed by atoms with van der Waals surface area (Å²) in [6.45, 7) is 1.55. The minimum absolute atomic E-state index is 0.0850. The van der Waals surface area contributed by atoms with Gasteiger partial charge in [0.1, 0.15) is 5.01 Å². The van der Waals surface area contributed by atoms with E-state index in [1.165, 1.54) is 61.9 Å². The van der Waals surface area contributed by atoms with Crippen LogP contribution in [0.25, 0.3) is 10.6 Å². The number of hydrogen-bond donors (Lipinski definition) is 0. The van der Waals surface area contributed by atoms with Gasteiger partial charge in [0, 0.05) is 36.3 Å². The summed E-state index contributed by atoms with van der Waals surface area (Å²) >= 11 is 1.86. The number of anilines is 1. The predicted molar refractivity (Wildman–Crippen MR) is 133 cm³/mol. The molecule has 5 rings (SSSR count). The number of allylic oxidation sites excluding steroid dienone is 2. The van der Waals surface area contributed by atoms with Crippen molar-refractivity contribution in [2.45, 2.75) is 70.6 Å². The number of thiazole rings is 1. The second kappa shape index (κ2) is 9.78. The van der Waals surface area contributed by atoms with Crippen LogP contribution in [-0.4, -0.2) is 36.1 Å². The molecular formula is C27H35N3OS. The van der Waals surface area contributed by atoms with Crippen LogP contribution in [-0.2, 0) is 12.8 Å². The molecular weight excluding hydrogens is 414 g/mol. The molecule has 2 aliphatic carbocycles. The highest BCUT2D eigenvalue weighted by Gasteiger charge is 2.26. The molecule has 1 saturated heterocycles.